The van der Waals surface area contributed by atoms with Crippen LogP contribution in [0, 0.1) is 0 Å². The van der Waals surface area contributed by atoms with Gasteiger partial charge < -0.3 is 9.30 Å². The molecule has 0 aliphatic carbocycles. The summed E-state index contributed by atoms with van der Waals surface area (Å²) in [5.74, 6) is 0.583. The summed E-state index contributed by atoms with van der Waals surface area (Å²) in [6.45, 7) is 0.648. The van der Waals surface area contributed by atoms with Crippen LogP contribution < -0.4 is 0 Å². The molecule has 110 valence electrons. The number of imidazole rings is 1. The molecule has 0 amide bonds. The highest BCUT2D eigenvalue weighted by Crippen LogP contribution is 2.18. The minimum atomic E-state index is -0.323. The SMILES string of the molecule is COC(=O)c1cccc(Cn2ccnc2-c2ccccc2)c1. The van der Waals surface area contributed by atoms with E-state index in [1.54, 1.807) is 12.3 Å². The second-order valence-electron chi connectivity index (χ2n) is 4.94. The first-order valence-electron chi connectivity index (χ1n) is 7.02. The Bertz CT molecular complexity index is 779. The summed E-state index contributed by atoms with van der Waals surface area (Å²) in [7, 11) is 1.39. The number of carbonyl (C=O) groups is 1. The molecule has 3 aromatic rings. The van der Waals surface area contributed by atoms with E-state index in [9.17, 15) is 4.79 Å². The monoisotopic (exact) mass is 292 g/mol. The Balaban J connectivity index is 1.89. The van der Waals surface area contributed by atoms with Crippen LogP contribution in [-0.4, -0.2) is 22.6 Å². The predicted molar refractivity (Wildman–Crippen MR) is 84.5 cm³/mol. The van der Waals surface area contributed by atoms with Crippen LogP contribution in [0.25, 0.3) is 11.4 Å². The molecule has 0 aliphatic rings. The van der Waals surface area contributed by atoms with Crippen molar-refractivity contribution in [2.75, 3.05) is 7.11 Å². The molecular weight excluding hydrogens is 276 g/mol. The molecule has 4 nitrogen and oxygen atoms in total. The Morgan fingerprint density at radius 3 is 2.73 bits per heavy atom. The molecule has 22 heavy (non-hydrogen) atoms. The fourth-order valence-corrected chi connectivity index (χ4v) is 2.40. The number of carbonyl (C=O) groups excluding carboxylic acids is 1. The van der Waals surface area contributed by atoms with Crippen LogP contribution in [0.1, 0.15) is 15.9 Å². The van der Waals surface area contributed by atoms with Gasteiger partial charge in [0.25, 0.3) is 0 Å². The van der Waals surface area contributed by atoms with Crippen molar-refractivity contribution in [1.29, 1.82) is 0 Å². The van der Waals surface area contributed by atoms with Gasteiger partial charge in [0.2, 0.25) is 0 Å². The molecule has 4 heteroatoms. The van der Waals surface area contributed by atoms with Crippen LogP contribution in [0.15, 0.2) is 67.0 Å². The Morgan fingerprint density at radius 2 is 1.95 bits per heavy atom. The van der Waals surface area contributed by atoms with Gasteiger partial charge in [0.05, 0.1) is 12.7 Å². The molecular formula is C18H16N2O2. The maximum Gasteiger partial charge on any atom is 0.337 e. The van der Waals surface area contributed by atoms with Crippen LogP contribution in [0.2, 0.25) is 0 Å². The first kappa shape index (κ1) is 14.1. The van der Waals surface area contributed by atoms with Gasteiger partial charge in [0.1, 0.15) is 5.82 Å². The van der Waals surface area contributed by atoms with E-state index in [-0.39, 0.29) is 5.97 Å². The molecule has 0 aliphatic heterocycles. The van der Waals surface area contributed by atoms with E-state index >= 15 is 0 Å². The lowest BCUT2D eigenvalue weighted by Gasteiger charge is -2.09. The van der Waals surface area contributed by atoms with Crippen LogP contribution in [0.3, 0.4) is 0 Å². The Labute approximate surface area is 129 Å². The Morgan fingerprint density at radius 1 is 1.14 bits per heavy atom. The van der Waals surface area contributed by atoms with Gasteiger partial charge in [0.15, 0.2) is 0 Å². The highest BCUT2D eigenvalue weighted by atomic mass is 16.5. The Hall–Kier alpha value is -2.88. The highest BCUT2D eigenvalue weighted by molar-refractivity contribution is 5.89. The van der Waals surface area contributed by atoms with Crippen molar-refractivity contribution in [2.24, 2.45) is 0 Å². The van der Waals surface area contributed by atoms with Crippen LogP contribution in [-0.2, 0) is 11.3 Å². The van der Waals surface area contributed by atoms with Gasteiger partial charge in [-0.15, -0.1) is 0 Å². The summed E-state index contributed by atoms with van der Waals surface area (Å²) in [6, 6.07) is 17.5. The summed E-state index contributed by atoms with van der Waals surface area (Å²) in [4.78, 5) is 16.0. The molecule has 0 unspecified atom stereocenters. The van der Waals surface area contributed by atoms with Gasteiger partial charge >= 0.3 is 5.97 Å². The van der Waals surface area contributed by atoms with Crippen molar-refractivity contribution in [3.8, 4) is 11.4 Å². The highest BCUT2D eigenvalue weighted by Gasteiger charge is 2.08. The fourth-order valence-electron chi connectivity index (χ4n) is 2.40. The standard InChI is InChI=1S/C18H16N2O2/c1-22-18(21)16-9-5-6-14(12-16)13-20-11-10-19-17(20)15-7-3-2-4-8-15/h2-12H,13H2,1H3. The zero-order valence-electron chi connectivity index (χ0n) is 12.3. The van der Waals surface area contributed by atoms with Gasteiger partial charge in [-0.2, -0.15) is 0 Å². The topological polar surface area (TPSA) is 44.1 Å². The average Bonchev–Trinajstić information content (AvgIpc) is 3.03. The largest absolute Gasteiger partial charge is 0.465 e. The van der Waals surface area contributed by atoms with Crippen molar-refractivity contribution in [1.82, 2.24) is 9.55 Å². The van der Waals surface area contributed by atoms with Crippen LogP contribution in [0.5, 0.6) is 0 Å². The molecule has 0 spiro atoms. The lowest BCUT2D eigenvalue weighted by Crippen LogP contribution is -2.05. The molecule has 0 fully saturated rings. The third-order valence-corrected chi connectivity index (χ3v) is 3.45. The zero-order valence-corrected chi connectivity index (χ0v) is 12.3. The molecule has 0 saturated carbocycles. The van der Waals surface area contributed by atoms with E-state index in [1.807, 2.05) is 54.7 Å². The number of esters is 1. The molecule has 0 bridgehead atoms. The van der Waals surface area contributed by atoms with E-state index < -0.39 is 0 Å². The third kappa shape index (κ3) is 2.91. The summed E-state index contributed by atoms with van der Waals surface area (Å²) in [5, 5.41) is 0. The third-order valence-electron chi connectivity index (χ3n) is 3.45. The maximum atomic E-state index is 11.6. The number of hydrogen-bond acceptors (Lipinski definition) is 3. The molecule has 1 heterocycles. The predicted octanol–water partition coefficient (Wildman–Crippen LogP) is 3.39. The molecule has 0 atom stereocenters. The molecule has 1 aromatic heterocycles. The molecule has 0 N–H and O–H groups in total. The number of hydrogen-bond donors (Lipinski definition) is 0. The van der Waals surface area contributed by atoms with Crippen molar-refractivity contribution in [3.05, 3.63) is 78.1 Å². The van der Waals surface area contributed by atoms with Crippen LogP contribution in [0.4, 0.5) is 0 Å². The molecule has 0 saturated heterocycles. The lowest BCUT2D eigenvalue weighted by atomic mass is 10.1. The minimum absolute atomic E-state index is 0.323. The molecule has 2 aromatic carbocycles. The number of aromatic nitrogens is 2. The first-order chi connectivity index (χ1) is 10.8. The van der Waals surface area contributed by atoms with Gasteiger partial charge in [-0.1, -0.05) is 42.5 Å². The number of rotatable bonds is 4. The van der Waals surface area contributed by atoms with E-state index in [0.717, 1.165) is 17.0 Å². The minimum Gasteiger partial charge on any atom is -0.465 e. The maximum absolute atomic E-state index is 11.6. The summed E-state index contributed by atoms with van der Waals surface area (Å²) >= 11 is 0. The first-order valence-corrected chi connectivity index (χ1v) is 7.02. The van der Waals surface area contributed by atoms with Gasteiger partial charge in [0, 0.05) is 24.5 Å². The smallest absolute Gasteiger partial charge is 0.337 e. The number of ether oxygens (including phenoxy) is 1. The number of nitrogens with zero attached hydrogens (tertiary/aromatic N) is 2. The Kier molecular flexibility index (Phi) is 4.01. The quantitative estimate of drug-likeness (QED) is 0.692. The van der Waals surface area contributed by atoms with E-state index in [0.29, 0.717) is 12.1 Å². The van der Waals surface area contributed by atoms with Gasteiger partial charge in [-0.3, -0.25) is 0 Å². The normalized spacial score (nSPS) is 10.4. The van der Waals surface area contributed by atoms with Gasteiger partial charge in [-0.25, -0.2) is 9.78 Å². The summed E-state index contributed by atoms with van der Waals surface area (Å²) in [6.07, 6.45) is 3.72. The van der Waals surface area contributed by atoms with Crippen LogP contribution >= 0.6 is 0 Å². The second-order valence-corrected chi connectivity index (χ2v) is 4.94. The summed E-state index contributed by atoms with van der Waals surface area (Å²) < 4.78 is 6.82. The molecule has 3 rings (SSSR count). The van der Waals surface area contributed by atoms with Crippen molar-refractivity contribution >= 4 is 5.97 Å². The second kappa shape index (κ2) is 6.26. The van der Waals surface area contributed by atoms with Crippen molar-refractivity contribution in [2.45, 2.75) is 6.54 Å². The summed E-state index contributed by atoms with van der Waals surface area (Å²) in [5.41, 5.74) is 2.65. The fraction of sp³-hybridized carbons (Fsp3) is 0.111. The number of methoxy groups -OCH3 is 1. The zero-order chi connectivity index (χ0) is 15.4. The van der Waals surface area contributed by atoms with E-state index in [2.05, 4.69) is 9.55 Å². The van der Waals surface area contributed by atoms with E-state index in [1.165, 1.54) is 7.11 Å². The van der Waals surface area contributed by atoms with E-state index in [4.69, 9.17) is 4.74 Å². The average molecular weight is 292 g/mol. The van der Waals surface area contributed by atoms with Crippen molar-refractivity contribution < 1.29 is 9.53 Å². The van der Waals surface area contributed by atoms with Gasteiger partial charge in [-0.05, 0) is 17.7 Å². The number of benzene rings is 2. The lowest BCUT2D eigenvalue weighted by molar-refractivity contribution is 0.0600. The molecule has 0 radical (unpaired) electrons. The van der Waals surface area contributed by atoms with Crippen molar-refractivity contribution in [3.63, 3.8) is 0 Å².